The van der Waals surface area contributed by atoms with Crippen molar-refractivity contribution in [1.82, 2.24) is 10.6 Å². The lowest BCUT2D eigenvalue weighted by Crippen LogP contribution is -2.46. The molecule has 0 bridgehead atoms. The third kappa shape index (κ3) is 6.23. The summed E-state index contributed by atoms with van der Waals surface area (Å²) < 4.78 is 5.28. The second kappa shape index (κ2) is 8.74. The molecule has 21 heavy (non-hydrogen) atoms. The Hall–Kier alpha value is -1.46. The highest BCUT2D eigenvalue weighted by Crippen LogP contribution is 2.27. The van der Waals surface area contributed by atoms with Crippen LogP contribution in [0.25, 0.3) is 0 Å². The maximum Gasteiger partial charge on any atom is 0.258 e. The Kier molecular flexibility index (Phi) is 7.32. The van der Waals surface area contributed by atoms with Crippen LogP contribution in [-0.2, 0) is 9.59 Å². The van der Waals surface area contributed by atoms with Gasteiger partial charge in [0.1, 0.15) is 11.8 Å². The first-order chi connectivity index (χ1) is 9.93. The number of carbonyl (C=O) groups excluding carboxylic acids is 2. The molecule has 1 atom stereocenters. The van der Waals surface area contributed by atoms with Crippen LogP contribution in [0.5, 0.6) is 5.75 Å². The van der Waals surface area contributed by atoms with Crippen molar-refractivity contribution in [2.24, 2.45) is 0 Å². The van der Waals surface area contributed by atoms with Crippen molar-refractivity contribution in [3.05, 3.63) is 28.2 Å². The zero-order valence-corrected chi connectivity index (χ0v) is 13.4. The molecule has 0 spiro atoms. The van der Waals surface area contributed by atoms with E-state index in [9.17, 15) is 9.59 Å². The molecule has 0 aliphatic rings. The molecule has 5 nitrogen and oxygen atoms in total. The number of hydrogen-bond donors (Lipinski definition) is 2. The molecular weight excluding hydrogens is 315 g/mol. The van der Waals surface area contributed by atoms with Crippen LogP contribution < -0.4 is 15.4 Å². The first kappa shape index (κ1) is 17.6. The zero-order chi connectivity index (χ0) is 15.8. The predicted molar refractivity (Wildman–Crippen MR) is 82.9 cm³/mol. The van der Waals surface area contributed by atoms with E-state index >= 15 is 0 Å². The van der Waals surface area contributed by atoms with E-state index in [1.54, 1.807) is 19.1 Å². The van der Waals surface area contributed by atoms with Gasteiger partial charge in [-0.3, -0.25) is 9.59 Å². The van der Waals surface area contributed by atoms with E-state index in [1.807, 2.05) is 6.92 Å². The number of ether oxygens (including phenoxy) is 1. The number of hydrogen-bond acceptors (Lipinski definition) is 3. The predicted octanol–water partition coefficient (Wildman–Crippen LogP) is 2.40. The third-order valence-corrected chi connectivity index (χ3v) is 3.10. The summed E-state index contributed by atoms with van der Waals surface area (Å²) in [5.41, 5.74) is 0. The highest BCUT2D eigenvalue weighted by Gasteiger charge is 2.15. The summed E-state index contributed by atoms with van der Waals surface area (Å²) in [5, 5.41) is 6.05. The summed E-state index contributed by atoms with van der Waals surface area (Å²) in [6.45, 7) is 3.91. The third-order valence-electron chi connectivity index (χ3n) is 2.57. The lowest BCUT2D eigenvalue weighted by molar-refractivity contribution is -0.129. The van der Waals surface area contributed by atoms with E-state index in [-0.39, 0.29) is 12.5 Å². The van der Waals surface area contributed by atoms with Gasteiger partial charge in [0.05, 0.1) is 5.02 Å². The van der Waals surface area contributed by atoms with Gasteiger partial charge in [-0.15, -0.1) is 0 Å². The Balaban J connectivity index is 2.41. The maximum atomic E-state index is 11.7. The first-order valence-electron chi connectivity index (χ1n) is 6.59. The van der Waals surface area contributed by atoms with Gasteiger partial charge >= 0.3 is 0 Å². The van der Waals surface area contributed by atoms with Gasteiger partial charge in [0.2, 0.25) is 5.91 Å². The fourth-order valence-corrected chi connectivity index (χ4v) is 1.95. The van der Waals surface area contributed by atoms with Gasteiger partial charge in [0.25, 0.3) is 5.91 Å². The van der Waals surface area contributed by atoms with Gasteiger partial charge in [-0.2, -0.15) is 0 Å². The molecular formula is C14H18Cl2N2O3. The lowest BCUT2D eigenvalue weighted by atomic mass is 10.3. The molecule has 116 valence electrons. The highest BCUT2D eigenvalue weighted by molar-refractivity contribution is 6.35. The van der Waals surface area contributed by atoms with E-state index in [4.69, 9.17) is 27.9 Å². The average molecular weight is 333 g/mol. The number of nitrogens with one attached hydrogen (secondary N) is 2. The lowest BCUT2D eigenvalue weighted by Gasteiger charge is -2.14. The summed E-state index contributed by atoms with van der Waals surface area (Å²) in [6, 6.07) is 4.10. The van der Waals surface area contributed by atoms with Crippen LogP contribution in [0, 0.1) is 0 Å². The number of benzene rings is 1. The standard InChI is InChI=1S/C14H18Cl2N2O3/c1-3-6-17-14(20)9(2)18-13(19)8-21-12-5-4-10(15)7-11(12)16/h4-5,7,9H,3,6,8H2,1-2H3,(H,17,20)(H,18,19)/t9-/m0/s1. The molecule has 0 aliphatic heterocycles. The van der Waals surface area contributed by atoms with E-state index in [0.29, 0.717) is 22.3 Å². The Labute approximate surface area is 133 Å². The zero-order valence-electron chi connectivity index (χ0n) is 11.9. The molecule has 2 amide bonds. The van der Waals surface area contributed by atoms with Crippen LogP contribution in [0.2, 0.25) is 10.0 Å². The van der Waals surface area contributed by atoms with Crippen LogP contribution >= 0.6 is 23.2 Å². The second-order valence-corrected chi connectivity index (χ2v) is 5.29. The molecule has 0 saturated carbocycles. The Bertz CT molecular complexity index is 509. The molecule has 1 aromatic rings. The van der Waals surface area contributed by atoms with Crippen molar-refractivity contribution < 1.29 is 14.3 Å². The van der Waals surface area contributed by atoms with Crippen molar-refractivity contribution in [3.8, 4) is 5.75 Å². The van der Waals surface area contributed by atoms with Crippen molar-refractivity contribution in [1.29, 1.82) is 0 Å². The van der Waals surface area contributed by atoms with Gasteiger partial charge < -0.3 is 15.4 Å². The second-order valence-electron chi connectivity index (χ2n) is 4.44. The normalized spacial score (nSPS) is 11.6. The molecule has 0 aromatic heterocycles. The summed E-state index contributed by atoms with van der Waals surface area (Å²) in [5.74, 6) is -0.269. The quantitative estimate of drug-likeness (QED) is 0.805. The summed E-state index contributed by atoms with van der Waals surface area (Å²) in [6.07, 6.45) is 0.838. The molecule has 7 heteroatoms. The number of amides is 2. The molecule has 1 rings (SSSR count). The smallest absolute Gasteiger partial charge is 0.258 e. The van der Waals surface area contributed by atoms with Gasteiger partial charge in [-0.25, -0.2) is 0 Å². The van der Waals surface area contributed by atoms with Gasteiger partial charge in [-0.1, -0.05) is 30.1 Å². The molecule has 2 N–H and O–H groups in total. The summed E-state index contributed by atoms with van der Waals surface area (Å²) in [4.78, 5) is 23.3. The van der Waals surface area contributed by atoms with Crippen molar-refractivity contribution >= 4 is 35.0 Å². The largest absolute Gasteiger partial charge is 0.482 e. The SMILES string of the molecule is CCCNC(=O)[C@H](C)NC(=O)COc1ccc(Cl)cc1Cl. The van der Waals surface area contributed by atoms with Gasteiger partial charge in [-0.05, 0) is 31.5 Å². The molecule has 0 aliphatic carbocycles. The molecule has 0 saturated heterocycles. The summed E-state index contributed by atoms with van der Waals surface area (Å²) >= 11 is 11.7. The average Bonchev–Trinajstić information content (AvgIpc) is 2.43. The van der Waals surface area contributed by atoms with E-state index in [1.165, 1.54) is 6.07 Å². The van der Waals surface area contributed by atoms with E-state index < -0.39 is 11.9 Å². The minimum atomic E-state index is -0.617. The van der Waals surface area contributed by atoms with Crippen molar-refractivity contribution in [3.63, 3.8) is 0 Å². The van der Waals surface area contributed by atoms with Crippen LogP contribution in [-0.4, -0.2) is 31.0 Å². The Morgan fingerprint density at radius 3 is 2.67 bits per heavy atom. The van der Waals surface area contributed by atoms with Crippen molar-refractivity contribution in [2.75, 3.05) is 13.2 Å². The minimum Gasteiger partial charge on any atom is -0.482 e. The van der Waals surface area contributed by atoms with Crippen molar-refractivity contribution in [2.45, 2.75) is 26.3 Å². The topological polar surface area (TPSA) is 67.4 Å². The molecule has 0 fully saturated rings. The molecule has 0 unspecified atom stereocenters. The highest BCUT2D eigenvalue weighted by atomic mass is 35.5. The maximum absolute atomic E-state index is 11.7. The van der Waals surface area contributed by atoms with Crippen LogP contribution in [0.3, 0.4) is 0 Å². The fraction of sp³-hybridized carbons (Fsp3) is 0.429. The fourth-order valence-electron chi connectivity index (χ4n) is 1.49. The van der Waals surface area contributed by atoms with Gasteiger partial charge in [0, 0.05) is 11.6 Å². The number of halogens is 2. The molecule has 1 aromatic carbocycles. The van der Waals surface area contributed by atoms with Crippen LogP contribution in [0.1, 0.15) is 20.3 Å². The summed E-state index contributed by atoms with van der Waals surface area (Å²) in [7, 11) is 0. The number of rotatable bonds is 7. The monoisotopic (exact) mass is 332 g/mol. The molecule has 0 radical (unpaired) electrons. The van der Waals surface area contributed by atoms with Gasteiger partial charge in [0.15, 0.2) is 6.61 Å². The van der Waals surface area contributed by atoms with Crippen LogP contribution in [0.4, 0.5) is 0 Å². The van der Waals surface area contributed by atoms with E-state index in [0.717, 1.165) is 6.42 Å². The molecule has 0 heterocycles. The Morgan fingerprint density at radius 2 is 2.05 bits per heavy atom. The van der Waals surface area contributed by atoms with E-state index in [2.05, 4.69) is 10.6 Å². The minimum absolute atomic E-state index is 0.227. The van der Waals surface area contributed by atoms with Crippen LogP contribution in [0.15, 0.2) is 18.2 Å². The number of carbonyl (C=O) groups is 2. The Morgan fingerprint density at radius 1 is 1.33 bits per heavy atom. The first-order valence-corrected chi connectivity index (χ1v) is 7.34.